The van der Waals surface area contributed by atoms with Gasteiger partial charge in [0.15, 0.2) is 5.15 Å². The Kier molecular flexibility index (Phi) is 3.49. The number of rotatable bonds is 3. The van der Waals surface area contributed by atoms with Crippen molar-refractivity contribution in [1.29, 1.82) is 0 Å². The SMILES string of the molecule is FC(F)Oc1cccc(-c2ccc(Cl)nn2)c1. The van der Waals surface area contributed by atoms with Crippen LogP contribution in [0.3, 0.4) is 0 Å². The zero-order valence-corrected chi connectivity index (χ0v) is 9.23. The summed E-state index contributed by atoms with van der Waals surface area (Å²) in [6, 6.07) is 9.45. The fourth-order valence-electron chi connectivity index (χ4n) is 1.30. The van der Waals surface area contributed by atoms with Gasteiger partial charge in [0, 0.05) is 5.56 Å². The largest absolute Gasteiger partial charge is 0.435 e. The van der Waals surface area contributed by atoms with Crippen LogP contribution in [0.4, 0.5) is 8.78 Å². The molecule has 0 spiro atoms. The fourth-order valence-corrected chi connectivity index (χ4v) is 1.40. The summed E-state index contributed by atoms with van der Waals surface area (Å²) >= 11 is 5.60. The van der Waals surface area contributed by atoms with E-state index in [2.05, 4.69) is 14.9 Å². The molecule has 0 aliphatic rings. The van der Waals surface area contributed by atoms with Crippen LogP contribution in [0.15, 0.2) is 36.4 Å². The van der Waals surface area contributed by atoms with Crippen LogP contribution in [0.2, 0.25) is 5.15 Å². The standard InChI is InChI=1S/C11H7ClF2N2O/c12-10-5-4-9(15-16-10)7-2-1-3-8(6-7)17-11(13)14/h1-6,11H. The fraction of sp³-hybridized carbons (Fsp3) is 0.0909. The number of aromatic nitrogens is 2. The molecule has 0 aliphatic carbocycles. The van der Waals surface area contributed by atoms with Crippen LogP contribution < -0.4 is 4.74 Å². The minimum atomic E-state index is -2.85. The summed E-state index contributed by atoms with van der Waals surface area (Å²) in [4.78, 5) is 0. The van der Waals surface area contributed by atoms with Gasteiger partial charge in [-0.15, -0.1) is 10.2 Å². The van der Waals surface area contributed by atoms with Gasteiger partial charge in [-0.3, -0.25) is 0 Å². The van der Waals surface area contributed by atoms with Crippen LogP contribution in [0.25, 0.3) is 11.3 Å². The quantitative estimate of drug-likeness (QED) is 0.844. The van der Waals surface area contributed by atoms with Crippen molar-refractivity contribution in [1.82, 2.24) is 10.2 Å². The van der Waals surface area contributed by atoms with Gasteiger partial charge in [-0.05, 0) is 24.3 Å². The number of ether oxygens (including phenoxy) is 1. The van der Waals surface area contributed by atoms with E-state index in [4.69, 9.17) is 11.6 Å². The van der Waals surface area contributed by atoms with Crippen molar-refractivity contribution in [2.45, 2.75) is 6.61 Å². The number of hydrogen-bond donors (Lipinski definition) is 0. The van der Waals surface area contributed by atoms with E-state index in [9.17, 15) is 8.78 Å². The molecule has 0 amide bonds. The predicted molar refractivity (Wildman–Crippen MR) is 59.1 cm³/mol. The highest BCUT2D eigenvalue weighted by atomic mass is 35.5. The van der Waals surface area contributed by atoms with Crippen molar-refractivity contribution in [2.75, 3.05) is 0 Å². The molecule has 1 heterocycles. The first-order chi connectivity index (χ1) is 8.15. The third kappa shape index (κ3) is 3.10. The van der Waals surface area contributed by atoms with E-state index in [1.54, 1.807) is 24.3 Å². The van der Waals surface area contributed by atoms with Crippen molar-refractivity contribution in [3.63, 3.8) is 0 Å². The van der Waals surface area contributed by atoms with Gasteiger partial charge in [0.05, 0.1) is 5.69 Å². The summed E-state index contributed by atoms with van der Waals surface area (Å²) in [5.41, 5.74) is 1.17. The molecule has 6 heteroatoms. The molecule has 1 aromatic carbocycles. The highest BCUT2D eigenvalue weighted by Gasteiger charge is 2.06. The average Bonchev–Trinajstić information content (AvgIpc) is 2.29. The highest BCUT2D eigenvalue weighted by Crippen LogP contribution is 2.23. The Labute approximate surface area is 101 Å². The molecular formula is C11H7ClF2N2O. The van der Waals surface area contributed by atoms with E-state index in [0.717, 1.165) is 0 Å². The molecule has 2 aromatic rings. The molecule has 0 radical (unpaired) electrons. The molecular weight excluding hydrogens is 250 g/mol. The van der Waals surface area contributed by atoms with E-state index >= 15 is 0 Å². The Balaban J connectivity index is 2.29. The molecule has 0 fully saturated rings. The first kappa shape index (κ1) is 11.7. The van der Waals surface area contributed by atoms with Crippen LogP contribution in [-0.2, 0) is 0 Å². The first-order valence-electron chi connectivity index (χ1n) is 4.69. The Morgan fingerprint density at radius 2 is 1.94 bits per heavy atom. The maximum atomic E-state index is 12.0. The summed E-state index contributed by atoms with van der Waals surface area (Å²) in [6.07, 6.45) is 0. The monoisotopic (exact) mass is 256 g/mol. The normalized spacial score (nSPS) is 10.6. The predicted octanol–water partition coefficient (Wildman–Crippen LogP) is 3.40. The van der Waals surface area contributed by atoms with Gasteiger partial charge >= 0.3 is 6.61 Å². The lowest BCUT2D eigenvalue weighted by Crippen LogP contribution is -2.01. The van der Waals surface area contributed by atoms with Crippen LogP contribution in [0.1, 0.15) is 0 Å². The van der Waals surface area contributed by atoms with Crippen molar-refractivity contribution < 1.29 is 13.5 Å². The number of alkyl halides is 2. The maximum Gasteiger partial charge on any atom is 0.387 e. The van der Waals surface area contributed by atoms with Gasteiger partial charge in [-0.1, -0.05) is 23.7 Å². The molecule has 17 heavy (non-hydrogen) atoms. The molecule has 0 atom stereocenters. The Morgan fingerprint density at radius 1 is 1.12 bits per heavy atom. The number of benzene rings is 1. The second-order valence-corrected chi connectivity index (χ2v) is 3.53. The molecule has 0 unspecified atom stereocenters. The van der Waals surface area contributed by atoms with Gasteiger partial charge in [0.25, 0.3) is 0 Å². The first-order valence-corrected chi connectivity index (χ1v) is 5.07. The van der Waals surface area contributed by atoms with Crippen LogP contribution in [0.5, 0.6) is 5.75 Å². The van der Waals surface area contributed by atoms with Crippen LogP contribution in [-0.4, -0.2) is 16.8 Å². The molecule has 0 saturated carbocycles. The van der Waals surface area contributed by atoms with Gasteiger partial charge in [-0.25, -0.2) is 0 Å². The average molecular weight is 257 g/mol. The summed E-state index contributed by atoms with van der Waals surface area (Å²) < 4.78 is 28.4. The Bertz CT molecular complexity index is 505. The summed E-state index contributed by atoms with van der Waals surface area (Å²) in [6.45, 7) is -2.85. The van der Waals surface area contributed by atoms with Crippen molar-refractivity contribution >= 4 is 11.6 Å². The summed E-state index contributed by atoms with van der Waals surface area (Å²) in [5.74, 6) is 0.0780. The summed E-state index contributed by atoms with van der Waals surface area (Å²) in [5, 5.41) is 7.79. The van der Waals surface area contributed by atoms with Crippen molar-refractivity contribution in [2.24, 2.45) is 0 Å². The lowest BCUT2D eigenvalue weighted by Gasteiger charge is -2.06. The van der Waals surface area contributed by atoms with Crippen molar-refractivity contribution in [3.8, 4) is 17.0 Å². The molecule has 2 rings (SSSR count). The highest BCUT2D eigenvalue weighted by molar-refractivity contribution is 6.29. The molecule has 0 N–H and O–H groups in total. The maximum absolute atomic E-state index is 12.0. The van der Waals surface area contributed by atoms with E-state index in [1.165, 1.54) is 12.1 Å². The molecule has 88 valence electrons. The topological polar surface area (TPSA) is 35.0 Å². The zero-order chi connectivity index (χ0) is 12.3. The minimum Gasteiger partial charge on any atom is -0.435 e. The molecule has 0 aliphatic heterocycles. The zero-order valence-electron chi connectivity index (χ0n) is 8.48. The molecule has 3 nitrogen and oxygen atoms in total. The Morgan fingerprint density at radius 3 is 2.59 bits per heavy atom. The van der Waals surface area contributed by atoms with Gasteiger partial charge < -0.3 is 4.74 Å². The molecule has 1 aromatic heterocycles. The third-order valence-electron chi connectivity index (χ3n) is 1.99. The van der Waals surface area contributed by atoms with Gasteiger partial charge in [-0.2, -0.15) is 8.78 Å². The second kappa shape index (κ2) is 5.05. The van der Waals surface area contributed by atoms with E-state index in [-0.39, 0.29) is 10.9 Å². The third-order valence-corrected chi connectivity index (χ3v) is 2.19. The smallest absolute Gasteiger partial charge is 0.387 e. The lowest BCUT2D eigenvalue weighted by atomic mass is 10.1. The molecule has 0 bridgehead atoms. The van der Waals surface area contributed by atoms with Crippen LogP contribution >= 0.6 is 11.6 Å². The molecule has 0 saturated heterocycles. The van der Waals surface area contributed by atoms with Crippen molar-refractivity contribution in [3.05, 3.63) is 41.6 Å². The number of hydrogen-bond acceptors (Lipinski definition) is 3. The van der Waals surface area contributed by atoms with E-state index < -0.39 is 6.61 Å². The number of nitrogens with zero attached hydrogens (tertiary/aromatic N) is 2. The Hall–Kier alpha value is -1.75. The minimum absolute atomic E-state index is 0.0780. The number of halogens is 3. The van der Waals surface area contributed by atoms with Gasteiger partial charge in [0.2, 0.25) is 0 Å². The van der Waals surface area contributed by atoms with E-state index in [1.807, 2.05) is 0 Å². The van der Waals surface area contributed by atoms with Crippen LogP contribution in [0, 0.1) is 0 Å². The van der Waals surface area contributed by atoms with E-state index in [0.29, 0.717) is 11.3 Å². The van der Waals surface area contributed by atoms with Gasteiger partial charge in [0.1, 0.15) is 5.75 Å². The summed E-state index contributed by atoms with van der Waals surface area (Å²) in [7, 11) is 0. The lowest BCUT2D eigenvalue weighted by molar-refractivity contribution is -0.0498. The second-order valence-electron chi connectivity index (χ2n) is 3.15.